The first-order valence-electron chi connectivity index (χ1n) is 9.97. The second kappa shape index (κ2) is 10.0. The van der Waals surface area contributed by atoms with Gasteiger partial charge in [0.1, 0.15) is 0 Å². The maximum absolute atomic E-state index is 12.6. The molecule has 1 aliphatic carbocycles. The minimum atomic E-state index is 0.0386. The lowest BCUT2D eigenvalue weighted by Gasteiger charge is -2.39. The molecule has 0 unspecified atom stereocenters. The van der Waals surface area contributed by atoms with Crippen LogP contribution >= 0.6 is 0 Å². The number of carbonyl (C=O) groups excluding carboxylic acids is 1. The smallest absolute Gasteiger partial charge is 0.223 e. The summed E-state index contributed by atoms with van der Waals surface area (Å²) in [4.78, 5) is 12.6. The molecule has 26 heavy (non-hydrogen) atoms. The number of carbonyl (C=O) groups is 1. The number of amides is 1. The third-order valence-electron chi connectivity index (χ3n) is 5.38. The molecule has 1 saturated heterocycles. The summed E-state index contributed by atoms with van der Waals surface area (Å²) in [6, 6.07) is 2.58. The van der Waals surface area contributed by atoms with Crippen molar-refractivity contribution in [3.63, 3.8) is 0 Å². The summed E-state index contributed by atoms with van der Waals surface area (Å²) in [5, 5.41) is 13.6. The molecule has 146 valence electrons. The number of H-pyrrole nitrogens is 1. The average molecular weight is 364 g/mol. The van der Waals surface area contributed by atoms with E-state index in [9.17, 15) is 4.79 Å². The van der Waals surface area contributed by atoms with Crippen LogP contribution in [0.4, 0.5) is 0 Å². The van der Waals surface area contributed by atoms with Gasteiger partial charge in [-0.2, -0.15) is 5.10 Å². The van der Waals surface area contributed by atoms with Crippen LogP contribution in [0.15, 0.2) is 12.3 Å². The lowest BCUT2D eigenvalue weighted by atomic mass is 9.82. The lowest BCUT2D eigenvalue weighted by molar-refractivity contribution is -0.128. The largest absolute Gasteiger partial charge is 0.381 e. The van der Waals surface area contributed by atoms with Crippen LogP contribution in [0.2, 0.25) is 0 Å². The first-order valence-corrected chi connectivity index (χ1v) is 9.97. The molecule has 1 amide bonds. The van der Waals surface area contributed by atoms with Crippen LogP contribution in [0.5, 0.6) is 0 Å². The van der Waals surface area contributed by atoms with E-state index in [0.717, 1.165) is 64.0 Å². The monoisotopic (exact) mass is 364 g/mol. The third-order valence-corrected chi connectivity index (χ3v) is 5.38. The van der Waals surface area contributed by atoms with E-state index in [4.69, 9.17) is 9.47 Å². The molecular weight excluding hydrogens is 332 g/mol. The van der Waals surface area contributed by atoms with Gasteiger partial charge in [0.15, 0.2) is 0 Å². The topological polar surface area (TPSA) is 88.3 Å². The van der Waals surface area contributed by atoms with Gasteiger partial charge in [-0.3, -0.25) is 9.89 Å². The van der Waals surface area contributed by atoms with E-state index in [0.29, 0.717) is 12.6 Å². The molecule has 0 radical (unpaired) electrons. The standard InChI is InChI=1S/C19H32N4O3/c1-2-9-26-18-4-3-14(19(24)20-13-16-5-8-21-23-16)12-17(18)22-15-6-10-25-11-7-15/h5,8,14-15,17-18,22H,2-4,6-7,9-13H2,1H3,(H,20,24)(H,21,23)/t14-,17+,18+/m0/s1. The Hall–Kier alpha value is -1.44. The number of ether oxygens (including phenoxy) is 2. The van der Waals surface area contributed by atoms with E-state index in [2.05, 4.69) is 27.8 Å². The Morgan fingerprint density at radius 3 is 2.92 bits per heavy atom. The van der Waals surface area contributed by atoms with E-state index < -0.39 is 0 Å². The van der Waals surface area contributed by atoms with Gasteiger partial charge in [0.2, 0.25) is 5.91 Å². The van der Waals surface area contributed by atoms with Gasteiger partial charge in [-0.25, -0.2) is 0 Å². The number of hydrogen-bond donors (Lipinski definition) is 3. The minimum Gasteiger partial charge on any atom is -0.381 e. The molecule has 0 bridgehead atoms. The number of hydrogen-bond acceptors (Lipinski definition) is 5. The molecule has 0 spiro atoms. The van der Waals surface area contributed by atoms with Gasteiger partial charge in [0.05, 0.1) is 18.3 Å². The summed E-state index contributed by atoms with van der Waals surface area (Å²) in [6.45, 7) is 5.06. The Kier molecular flexibility index (Phi) is 7.46. The van der Waals surface area contributed by atoms with Crippen LogP contribution < -0.4 is 10.6 Å². The summed E-state index contributed by atoms with van der Waals surface area (Å²) < 4.78 is 11.6. The number of aromatic nitrogens is 2. The Labute approximate surface area is 155 Å². The second-order valence-corrected chi connectivity index (χ2v) is 7.38. The molecule has 2 heterocycles. The van der Waals surface area contributed by atoms with Crippen LogP contribution in [0.3, 0.4) is 0 Å². The van der Waals surface area contributed by atoms with Crippen molar-refractivity contribution in [1.29, 1.82) is 0 Å². The van der Waals surface area contributed by atoms with Crippen molar-refractivity contribution in [2.45, 2.75) is 70.2 Å². The minimum absolute atomic E-state index is 0.0386. The van der Waals surface area contributed by atoms with Crippen molar-refractivity contribution in [3.8, 4) is 0 Å². The van der Waals surface area contributed by atoms with E-state index in [1.165, 1.54) is 0 Å². The number of nitrogens with zero attached hydrogens (tertiary/aromatic N) is 1. The number of aromatic amines is 1. The highest BCUT2D eigenvalue weighted by molar-refractivity contribution is 5.78. The molecule has 1 saturated carbocycles. The molecule has 1 aliphatic heterocycles. The Balaban J connectivity index is 1.53. The average Bonchev–Trinajstić information content (AvgIpc) is 3.19. The molecule has 1 aromatic heterocycles. The van der Waals surface area contributed by atoms with Crippen LogP contribution in [0.25, 0.3) is 0 Å². The zero-order chi connectivity index (χ0) is 18.2. The first-order chi connectivity index (χ1) is 12.8. The molecule has 2 aliphatic rings. The molecular formula is C19H32N4O3. The van der Waals surface area contributed by atoms with Crippen molar-refractivity contribution in [1.82, 2.24) is 20.8 Å². The first kappa shape index (κ1) is 19.3. The van der Waals surface area contributed by atoms with Crippen molar-refractivity contribution in [2.24, 2.45) is 5.92 Å². The van der Waals surface area contributed by atoms with Gasteiger partial charge in [0.25, 0.3) is 0 Å². The summed E-state index contributed by atoms with van der Waals surface area (Å²) in [5.74, 6) is 0.170. The molecule has 7 nitrogen and oxygen atoms in total. The second-order valence-electron chi connectivity index (χ2n) is 7.38. The van der Waals surface area contributed by atoms with E-state index in [1.54, 1.807) is 6.20 Å². The van der Waals surface area contributed by atoms with Crippen LogP contribution in [0, 0.1) is 5.92 Å². The van der Waals surface area contributed by atoms with Gasteiger partial charge >= 0.3 is 0 Å². The maximum Gasteiger partial charge on any atom is 0.223 e. The van der Waals surface area contributed by atoms with Crippen molar-refractivity contribution in [3.05, 3.63) is 18.0 Å². The highest BCUT2D eigenvalue weighted by Crippen LogP contribution is 2.28. The normalized spacial score (nSPS) is 27.3. The van der Waals surface area contributed by atoms with Gasteiger partial charge in [-0.1, -0.05) is 6.92 Å². The number of rotatable bonds is 8. The molecule has 1 aromatic rings. The predicted octanol–water partition coefficient (Wildman–Crippen LogP) is 1.76. The fourth-order valence-corrected chi connectivity index (χ4v) is 3.90. The molecule has 3 N–H and O–H groups in total. The van der Waals surface area contributed by atoms with Crippen LogP contribution in [0.1, 0.15) is 51.1 Å². The maximum atomic E-state index is 12.6. The van der Waals surface area contributed by atoms with Gasteiger partial charge in [0, 0.05) is 44.0 Å². The summed E-state index contributed by atoms with van der Waals surface area (Å²) in [6.07, 6.45) is 7.65. The van der Waals surface area contributed by atoms with E-state index >= 15 is 0 Å². The van der Waals surface area contributed by atoms with E-state index in [1.807, 2.05) is 6.07 Å². The molecule has 3 atom stereocenters. The van der Waals surface area contributed by atoms with Crippen molar-refractivity contribution < 1.29 is 14.3 Å². The highest BCUT2D eigenvalue weighted by Gasteiger charge is 2.35. The summed E-state index contributed by atoms with van der Waals surface area (Å²) in [7, 11) is 0. The quantitative estimate of drug-likeness (QED) is 0.654. The Morgan fingerprint density at radius 2 is 2.19 bits per heavy atom. The van der Waals surface area contributed by atoms with Crippen LogP contribution in [-0.4, -0.2) is 54.1 Å². The Morgan fingerprint density at radius 1 is 1.35 bits per heavy atom. The third kappa shape index (κ3) is 5.53. The molecule has 7 heteroatoms. The van der Waals surface area contributed by atoms with Crippen LogP contribution in [-0.2, 0) is 20.8 Å². The molecule has 2 fully saturated rings. The molecule has 0 aromatic carbocycles. The fourth-order valence-electron chi connectivity index (χ4n) is 3.90. The van der Waals surface area contributed by atoms with E-state index in [-0.39, 0.29) is 24.0 Å². The molecule has 3 rings (SSSR count). The highest BCUT2D eigenvalue weighted by atomic mass is 16.5. The number of nitrogens with one attached hydrogen (secondary N) is 3. The lowest BCUT2D eigenvalue weighted by Crippen LogP contribution is -2.52. The van der Waals surface area contributed by atoms with Gasteiger partial charge in [-0.05, 0) is 44.6 Å². The SMILES string of the molecule is CCCO[C@@H]1CC[C@H](C(=O)NCc2ccn[nH]2)C[C@H]1NC1CCOCC1. The summed E-state index contributed by atoms with van der Waals surface area (Å²) >= 11 is 0. The summed E-state index contributed by atoms with van der Waals surface area (Å²) in [5.41, 5.74) is 0.926. The fraction of sp³-hybridized carbons (Fsp3) is 0.789. The predicted molar refractivity (Wildman–Crippen MR) is 98.6 cm³/mol. The Bertz CT molecular complexity index is 531. The van der Waals surface area contributed by atoms with Crippen molar-refractivity contribution in [2.75, 3.05) is 19.8 Å². The van der Waals surface area contributed by atoms with Gasteiger partial charge < -0.3 is 20.1 Å². The van der Waals surface area contributed by atoms with Gasteiger partial charge in [-0.15, -0.1) is 0 Å². The van der Waals surface area contributed by atoms with Crippen molar-refractivity contribution >= 4 is 5.91 Å². The zero-order valence-electron chi connectivity index (χ0n) is 15.7. The zero-order valence-corrected chi connectivity index (χ0v) is 15.7.